The van der Waals surface area contributed by atoms with Crippen molar-refractivity contribution in [3.63, 3.8) is 0 Å². The Hall–Kier alpha value is -2.93. The molecule has 0 unspecified atom stereocenters. The Balaban J connectivity index is 1.93. The van der Waals surface area contributed by atoms with E-state index in [-0.39, 0.29) is 12.5 Å². The predicted octanol–water partition coefficient (Wildman–Crippen LogP) is 4.40. The lowest BCUT2D eigenvalue weighted by atomic mass is 10.0. The quantitative estimate of drug-likeness (QED) is 0.519. The van der Waals surface area contributed by atoms with Crippen LogP contribution in [0.5, 0.6) is 0 Å². The number of hydrogen-bond acceptors (Lipinski definition) is 6. The number of aryl methyl sites for hydroxylation is 3. The molecule has 0 fully saturated rings. The number of fused-ring (bicyclic) bond motifs is 1. The van der Waals surface area contributed by atoms with Gasteiger partial charge in [-0.1, -0.05) is 0 Å². The lowest BCUT2D eigenvalue weighted by molar-refractivity contribution is -0.114. The van der Waals surface area contributed by atoms with Crippen molar-refractivity contribution in [1.82, 2.24) is 0 Å². The maximum absolute atomic E-state index is 12.7. The van der Waals surface area contributed by atoms with E-state index in [0.29, 0.717) is 21.7 Å². The summed E-state index contributed by atoms with van der Waals surface area (Å²) in [7, 11) is 0. The van der Waals surface area contributed by atoms with Crippen LogP contribution < -0.4 is 10.9 Å². The first-order valence-corrected chi connectivity index (χ1v) is 9.57. The standard InChI is InChI=1S/C21H21NO5S/c1-10-6-16-15(8-18(24)27-17(16)7-11(10)2)9-26-21(25)19-12(3)13(4)28-20(19)22-14(5)23/h6-8H,9H2,1-5H3,(H,22,23). The molecule has 6 nitrogen and oxygen atoms in total. The van der Waals surface area contributed by atoms with Crippen molar-refractivity contribution in [3.8, 4) is 0 Å². The van der Waals surface area contributed by atoms with Crippen molar-refractivity contribution in [2.45, 2.75) is 41.2 Å². The van der Waals surface area contributed by atoms with Crippen molar-refractivity contribution in [3.05, 3.63) is 61.3 Å². The normalized spacial score (nSPS) is 10.9. The number of ether oxygens (including phenoxy) is 1. The van der Waals surface area contributed by atoms with Crippen LogP contribution in [0.15, 0.2) is 27.4 Å². The molecule has 1 amide bonds. The molecule has 3 aromatic rings. The fourth-order valence-electron chi connectivity index (χ4n) is 2.94. The molecule has 0 saturated heterocycles. The fourth-order valence-corrected chi connectivity index (χ4v) is 4.03. The van der Waals surface area contributed by atoms with E-state index in [1.807, 2.05) is 33.8 Å². The first-order chi connectivity index (χ1) is 13.2. The van der Waals surface area contributed by atoms with E-state index in [9.17, 15) is 14.4 Å². The zero-order valence-corrected chi connectivity index (χ0v) is 17.2. The molecule has 0 bridgehead atoms. The van der Waals surface area contributed by atoms with Gasteiger partial charge in [0.05, 0.1) is 5.56 Å². The number of hydrogen-bond donors (Lipinski definition) is 1. The second-order valence-electron chi connectivity index (χ2n) is 6.77. The van der Waals surface area contributed by atoms with Crippen LogP contribution >= 0.6 is 11.3 Å². The third-order valence-electron chi connectivity index (χ3n) is 4.68. The Morgan fingerprint density at radius 2 is 1.79 bits per heavy atom. The van der Waals surface area contributed by atoms with Gasteiger partial charge in [0.2, 0.25) is 5.91 Å². The van der Waals surface area contributed by atoms with Crippen LogP contribution in [-0.4, -0.2) is 11.9 Å². The molecule has 28 heavy (non-hydrogen) atoms. The number of benzene rings is 1. The van der Waals surface area contributed by atoms with Crippen LogP contribution in [0.25, 0.3) is 11.0 Å². The summed E-state index contributed by atoms with van der Waals surface area (Å²) in [6, 6.07) is 5.06. The highest BCUT2D eigenvalue weighted by molar-refractivity contribution is 7.16. The second kappa shape index (κ2) is 7.59. The van der Waals surface area contributed by atoms with Crippen molar-refractivity contribution in [2.75, 3.05) is 5.32 Å². The fraction of sp³-hybridized carbons (Fsp3) is 0.286. The van der Waals surface area contributed by atoms with E-state index < -0.39 is 11.6 Å². The lowest BCUT2D eigenvalue weighted by Gasteiger charge is -2.10. The number of amides is 1. The van der Waals surface area contributed by atoms with Crippen LogP contribution in [0.3, 0.4) is 0 Å². The van der Waals surface area contributed by atoms with Gasteiger partial charge in [-0.2, -0.15) is 0 Å². The highest BCUT2D eigenvalue weighted by Crippen LogP contribution is 2.33. The van der Waals surface area contributed by atoms with Gasteiger partial charge in [-0.05, 0) is 56.5 Å². The highest BCUT2D eigenvalue weighted by atomic mass is 32.1. The van der Waals surface area contributed by atoms with Gasteiger partial charge in [0.15, 0.2) is 0 Å². The molecule has 1 aromatic carbocycles. The van der Waals surface area contributed by atoms with E-state index >= 15 is 0 Å². The molecular weight excluding hydrogens is 378 g/mol. The van der Waals surface area contributed by atoms with Crippen LogP contribution in [0.1, 0.15) is 44.4 Å². The number of rotatable bonds is 4. The molecule has 0 radical (unpaired) electrons. The van der Waals surface area contributed by atoms with Gasteiger partial charge in [0.25, 0.3) is 0 Å². The minimum Gasteiger partial charge on any atom is -0.457 e. The SMILES string of the molecule is CC(=O)Nc1sc(C)c(C)c1C(=O)OCc1cc(=O)oc2cc(C)c(C)cc12. The summed E-state index contributed by atoms with van der Waals surface area (Å²) in [5.41, 5.74) is 3.71. The molecule has 0 spiro atoms. The minimum atomic E-state index is -0.546. The predicted molar refractivity (Wildman–Crippen MR) is 109 cm³/mol. The van der Waals surface area contributed by atoms with Crippen LogP contribution in [-0.2, 0) is 16.1 Å². The van der Waals surface area contributed by atoms with Crippen LogP contribution in [0, 0.1) is 27.7 Å². The zero-order chi connectivity index (χ0) is 20.6. The van der Waals surface area contributed by atoms with Crippen molar-refractivity contribution in [2.24, 2.45) is 0 Å². The number of anilines is 1. The van der Waals surface area contributed by atoms with Gasteiger partial charge in [-0.15, -0.1) is 11.3 Å². The Bertz CT molecular complexity index is 1160. The van der Waals surface area contributed by atoms with Gasteiger partial charge in [-0.3, -0.25) is 4.79 Å². The number of carbonyl (C=O) groups is 2. The van der Waals surface area contributed by atoms with Crippen molar-refractivity contribution in [1.29, 1.82) is 0 Å². The maximum Gasteiger partial charge on any atom is 0.341 e. The van der Waals surface area contributed by atoms with E-state index in [1.54, 1.807) is 6.07 Å². The number of thiophene rings is 1. The van der Waals surface area contributed by atoms with Gasteiger partial charge < -0.3 is 14.5 Å². The average molecular weight is 399 g/mol. The molecule has 7 heteroatoms. The summed E-state index contributed by atoms with van der Waals surface area (Å²) >= 11 is 1.33. The lowest BCUT2D eigenvalue weighted by Crippen LogP contribution is -2.12. The van der Waals surface area contributed by atoms with E-state index in [2.05, 4.69) is 5.32 Å². The van der Waals surface area contributed by atoms with Gasteiger partial charge in [-0.25, -0.2) is 9.59 Å². The molecule has 0 saturated carbocycles. The zero-order valence-electron chi connectivity index (χ0n) is 16.4. The molecule has 0 atom stereocenters. The molecular formula is C21H21NO5S. The molecule has 0 aliphatic carbocycles. The number of esters is 1. The molecule has 146 valence electrons. The molecule has 1 N–H and O–H groups in total. The summed E-state index contributed by atoms with van der Waals surface area (Å²) < 4.78 is 10.8. The van der Waals surface area contributed by atoms with Gasteiger partial charge >= 0.3 is 11.6 Å². The highest BCUT2D eigenvalue weighted by Gasteiger charge is 2.22. The third kappa shape index (κ3) is 3.84. The first kappa shape index (κ1) is 19.8. The summed E-state index contributed by atoms with van der Waals surface area (Å²) in [6.07, 6.45) is 0. The van der Waals surface area contributed by atoms with Crippen molar-refractivity contribution < 1.29 is 18.7 Å². The third-order valence-corrected chi connectivity index (χ3v) is 5.80. The average Bonchev–Trinajstić information content (AvgIpc) is 2.87. The Labute approximate surface area is 166 Å². The molecule has 2 aromatic heterocycles. The molecule has 0 aliphatic rings. The topological polar surface area (TPSA) is 85.6 Å². The van der Waals surface area contributed by atoms with E-state index in [1.165, 1.54) is 24.3 Å². The van der Waals surface area contributed by atoms with E-state index in [0.717, 1.165) is 27.0 Å². The molecule has 0 aliphatic heterocycles. The summed E-state index contributed by atoms with van der Waals surface area (Å²) in [5.74, 6) is -0.802. The summed E-state index contributed by atoms with van der Waals surface area (Å²) in [6.45, 7) is 8.91. The molecule has 3 rings (SSSR count). The Morgan fingerprint density at radius 3 is 2.46 bits per heavy atom. The Kier molecular flexibility index (Phi) is 5.38. The Morgan fingerprint density at radius 1 is 1.11 bits per heavy atom. The minimum absolute atomic E-state index is 0.0721. The monoisotopic (exact) mass is 399 g/mol. The van der Waals surface area contributed by atoms with Gasteiger partial charge in [0, 0.05) is 28.8 Å². The van der Waals surface area contributed by atoms with Crippen LogP contribution in [0.4, 0.5) is 5.00 Å². The van der Waals surface area contributed by atoms with Gasteiger partial charge in [0.1, 0.15) is 17.2 Å². The van der Waals surface area contributed by atoms with Crippen LogP contribution in [0.2, 0.25) is 0 Å². The summed E-state index contributed by atoms with van der Waals surface area (Å²) in [5, 5.41) is 3.88. The number of nitrogens with one attached hydrogen (secondary N) is 1. The maximum atomic E-state index is 12.7. The first-order valence-electron chi connectivity index (χ1n) is 8.76. The van der Waals surface area contributed by atoms with Crippen molar-refractivity contribution >= 4 is 39.2 Å². The largest absolute Gasteiger partial charge is 0.457 e. The second-order valence-corrected chi connectivity index (χ2v) is 7.99. The van der Waals surface area contributed by atoms with E-state index in [4.69, 9.17) is 9.15 Å². The smallest absolute Gasteiger partial charge is 0.341 e. The number of carbonyl (C=O) groups excluding carboxylic acids is 2. The summed E-state index contributed by atoms with van der Waals surface area (Å²) in [4.78, 5) is 37.0. The molecule has 2 heterocycles.